The van der Waals surface area contributed by atoms with Crippen LogP contribution in [-0.4, -0.2) is 17.2 Å². The number of aldehydes is 1. The van der Waals surface area contributed by atoms with Gasteiger partial charge in [0.25, 0.3) is 6.43 Å². The fourth-order valence-electron chi connectivity index (χ4n) is 1.20. The molecule has 0 unspecified atom stereocenters. The molecule has 0 saturated carbocycles. The van der Waals surface area contributed by atoms with Crippen molar-refractivity contribution in [3.05, 3.63) is 28.8 Å². The number of hydrogen-bond acceptors (Lipinski definition) is 3. The number of alkyl halides is 2. The Hall–Kier alpha value is -1.78. The van der Waals surface area contributed by atoms with Gasteiger partial charge in [0.05, 0.1) is 5.56 Å². The summed E-state index contributed by atoms with van der Waals surface area (Å²) < 4.78 is 24.6. The number of hydrogen-bond donors (Lipinski definition) is 1. The largest absolute Gasteiger partial charge is 0.507 e. The Balaban J connectivity index is 3.45. The van der Waals surface area contributed by atoms with E-state index in [1.165, 1.54) is 0 Å². The quantitative estimate of drug-likeness (QED) is 0.620. The van der Waals surface area contributed by atoms with E-state index in [9.17, 15) is 23.5 Å². The molecule has 0 saturated heterocycles. The van der Waals surface area contributed by atoms with Crippen molar-refractivity contribution < 1.29 is 23.5 Å². The maximum Gasteiger partial charge on any atom is 0.264 e. The molecule has 0 aliphatic rings. The molecule has 0 atom stereocenters. The van der Waals surface area contributed by atoms with Crippen LogP contribution in [0.5, 0.6) is 5.75 Å². The molecule has 1 rings (SSSR count). The third-order valence-electron chi connectivity index (χ3n) is 1.93. The Labute approximate surface area is 84.3 Å². The molecule has 15 heavy (non-hydrogen) atoms. The van der Waals surface area contributed by atoms with Gasteiger partial charge in [-0.05, 0) is 19.1 Å². The molecular weight excluding hydrogens is 206 g/mol. The molecule has 5 heteroatoms. The molecule has 0 fully saturated rings. The van der Waals surface area contributed by atoms with Crippen molar-refractivity contribution in [2.75, 3.05) is 0 Å². The molecular formula is C10H8F2O3. The van der Waals surface area contributed by atoms with E-state index in [4.69, 9.17) is 0 Å². The summed E-state index contributed by atoms with van der Waals surface area (Å²) in [5.74, 6) is -1.15. The maximum atomic E-state index is 12.3. The lowest BCUT2D eigenvalue weighted by Gasteiger charge is -2.07. The lowest BCUT2D eigenvalue weighted by atomic mass is 10.0. The minimum atomic E-state index is -2.80. The number of Topliss-reactive ketones (excluding diaryl/α,β-unsaturated/α-hetero) is 1. The molecule has 0 aliphatic heterocycles. The molecule has 1 aromatic carbocycles. The molecule has 3 nitrogen and oxygen atoms in total. The number of carbonyl (C=O) groups excluding carboxylic acids is 2. The average Bonchev–Trinajstić information content (AvgIpc) is 2.16. The Morgan fingerprint density at radius 3 is 2.47 bits per heavy atom. The van der Waals surface area contributed by atoms with Gasteiger partial charge in [0.15, 0.2) is 12.1 Å². The van der Waals surface area contributed by atoms with Gasteiger partial charge in [-0.1, -0.05) is 0 Å². The number of phenols is 1. The van der Waals surface area contributed by atoms with Crippen LogP contribution in [0.1, 0.15) is 39.6 Å². The summed E-state index contributed by atoms with van der Waals surface area (Å²) in [5.41, 5.74) is -0.935. The van der Waals surface area contributed by atoms with Gasteiger partial charge in [0.1, 0.15) is 5.75 Å². The van der Waals surface area contributed by atoms with E-state index in [1.54, 1.807) is 0 Å². The fraction of sp³-hybridized carbons (Fsp3) is 0.200. The minimum absolute atomic E-state index is 0.194. The van der Waals surface area contributed by atoms with E-state index in [2.05, 4.69) is 0 Å². The second-order valence-corrected chi connectivity index (χ2v) is 2.98. The Morgan fingerprint density at radius 2 is 2.07 bits per heavy atom. The monoisotopic (exact) mass is 214 g/mol. The molecule has 0 radical (unpaired) electrons. The van der Waals surface area contributed by atoms with Crippen molar-refractivity contribution in [3.63, 3.8) is 0 Å². The van der Waals surface area contributed by atoms with Crippen LogP contribution in [0.3, 0.4) is 0 Å². The normalized spacial score (nSPS) is 10.4. The van der Waals surface area contributed by atoms with Crippen molar-refractivity contribution in [1.82, 2.24) is 0 Å². The molecule has 1 aromatic rings. The highest BCUT2D eigenvalue weighted by atomic mass is 19.3. The van der Waals surface area contributed by atoms with Crippen LogP contribution >= 0.6 is 0 Å². The highest BCUT2D eigenvalue weighted by Gasteiger charge is 2.17. The second-order valence-electron chi connectivity index (χ2n) is 2.98. The first kappa shape index (κ1) is 11.3. The Kier molecular flexibility index (Phi) is 3.14. The summed E-state index contributed by atoms with van der Waals surface area (Å²) in [5, 5.41) is 9.25. The smallest absolute Gasteiger partial charge is 0.264 e. The molecule has 0 aromatic heterocycles. The first-order valence-corrected chi connectivity index (χ1v) is 4.08. The Bertz CT molecular complexity index is 413. The summed E-state index contributed by atoms with van der Waals surface area (Å²) in [6, 6.07) is 1.69. The van der Waals surface area contributed by atoms with Crippen molar-refractivity contribution in [3.8, 4) is 5.75 Å². The number of carbonyl (C=O) groups is 2. The molecule has 1 N–H and O–H groups in total. The molecule has 80 valence electrons. The lowest BCUT2D eigenvalue weighted by molar-refractivity contribution is 0.100. The topological polar surface area (TPSA) is 54.4 Å². The fourth-order valence-corrected chi connectivity index (χ4v) is 1.20. The van der Waals surface area contributed by atoms with Crippen LogP contribution in [0.4, 0.5) is 8.78 Å². The summed E-state index contributed by atoms with van der Waals surface area (Å²) in [7, 11) is 0. The van der Waals surface area contributed by atoms with Gasteiger partial charge >= 0.3 is 0 Å². The minimum Gasteiger partial charge on any atom is -0.507 e. The standard InChI is InChI=1S/C10H8F2O3/c1-5(14)7-2-6(10(11)12)3-9(15)8(7)4-13/h2-4,10,15H,1H3. The summed E-state index contributed by atoms with van der Waals surface area (Å²) >= 11 is 0. The first-order chi connectivity index (χ1) is 6.97. The van der Waals surface area contributed by atoms with Gasteiger partial charge in [-0.15, -0.1) is 0 Å². The number of halogens is 2. The second kappa shape index (κ2) is 4.16. The van der Waals surface area contributed by atoms with Crippen molar-refractivity contribution in [1.29, 1.82) is 0 Å². The van der Waals surface area contributed by atoms with E-state index in [0.717, 1.165) is 19.1 Å². The van der Waals surface area contributed by atoms with Gasteiger partial charge in [-0.3, -0.25) is 9.59 Å². The number of aromatic hydroxyl groups is 1. The molecule has 0 heterocycles. The van der Waals surface area contributed by atoms with E-state index in [1.807, 2.05) is 0 Å². The molecule has 0 spiro atoms. The van der Waals surface area contributed by atoms with Crippen LogP contribution in [0.2, 0.25) is 0 Å². The van der Waals surface area contributed by atoms with Gasteiger partial charge in [-0.25, -0.2) is 8.78 Å². The SMILES string of the molecule is CC(=O)c1cc(C(F)F)cc(O)c1C=O. The third kappa shape index (κ3) is 2.18. The lowest BCUT2D eigenvalue weighted by Crippen LogP contribution is -2.01. The van der Waals surface area contributed by atoms with Crippen LogP contribution < -0.4 is 0 Å². The zero-order valence-corrected chi connectivity index (χ0v) is 7.83. The van der Waals surface area contributed by atoms with E-state index in [-0.39, 0.29) is 17.4 Å². The predicted molar refractivity (Wildman–Crippen MR) is 48.5 cm³/mol. The van der Waals surface area contributed by atoms with E-state index in [0.29, 0.717) is 0 Å². The number of phenolic OH excluding ortho intramolecular Hbond substituents is 1. The highest BCUT2D eigenvalue weighted by molar-refractivity contribution is 6.03. The van der Waals surface area contributed by atoms with Gasteiger partial charge in [0, 0.05) is 11.1 Å². The number of benzene rings is 1. The van der Waals surface area contributed by atoms with Crippen molar-refractivity contribution in [2.45, 2.75) is 13.3 Å². The van der Waals surface area contributed by atoms with E-state index < -0.39 is 23.5 Å². The first-order valence-electron chi connectivity index (χ1n) is 4.08. The summed E-state index contributed by atoms with van der Waals surface area (Å²) in [4.78, 5) is 21.6. The predicted octanol–water partition coefficient (Wildman–Crippen LogP) is 2.34. The van der Waals surface area contributed by atoms with Gasteiger partial charge < -0.3 is 5.11 Å². The van der Waals surface area contributed by atoms with Crippen LogP contribution in [0.15, 0.2) is 12.1 Å². The average molecular weight is 214 g/mol. The Morgan fingerprint density at radius 1 is 1.47 bits per heavy atom. The van der Waals surface area contributed by atoms with Crippen LogP contribution in [0, 0.1) is 0 Å². The number of rotatable bonds is 3. The zero-order chi connectivity index (χ0) is 11.6. The van der Waals surface area contributed by atoms with Crippen LogP contribution in [-0.2, 0) is 0 Å². The van der Waals surface area contributed by atoms with Crippen molar-refractivity contribution >= 4 is 12.1 Å². The molecule has 0 bridgehead atoms. The zero-order valence-electron chi connectivity index (χ0n) is 7.83. The third-order valence-corrected chi connectivity index (χ3v) is 1.93. The van der Waals surface area contributed by atoms with E-state index >= 15 is 0 Å². The highest BCUT2D eigenvalue weighted by Crippen LogP contribution is 2.28. The van der Waals surface area contributed by atoms with Gasteiger partial charge in [0.2, 0.25) is 0 Å². The number of ketones is 1. The van der Waals surface area contributed by atoms with Crippen molar-refractivity contribution in [2.24, 2.45) is 0 Å². The molecule has 0 aliphatic carbocycles. The summed E-state index contributed by atoms with van der Waals surface area (Å²) in [6.45, 7) is 1.14. The van der Waals surface area contributed by atoms with Gasteiger partial charge in [-0.2, -0.15) is 0 Å². The summed E-state index contributed by atoms with van der Waals surface area (Å²) in [6.07, 6.45) is -2.53. The van der Waals surface area contributed by atoms with Crippen LogP contribution in [0.25, 0.3) is 0 Å². The molecule has 0 amide bonds. The maximum absolute atomic E-state index is 12.3.